The van der Waals surface area contributed by atoms with Crippen molar-refractivity contribution in [3.05, 3.63) is 23.8 Å². The average molecular weight is 481 g/mol. The molecule has 0 radical (unpaired) electrons. The lowest BCUT2D eigenvalue weighted by molar-refractivity contribution is -0.140. The van der Waals surface area contributed by atoms with Gasteiger partial charge in [-0.3, -0.25) is 14.6 Å². The van der Waals surface area contributed by atoms with Gasteiger partial charge >= 0.3 is 0 Å². The highest BCUT2D eigenvalue weighted by atomic mass is 16.5. The quantitative estimate of drug-likeness (QED) is 0.640. The first kappa shape index (κ1) is 28.1. The molecular weight excluding hydrogens is 440 g/mol. The summed E-state index contributed by atoms with van der Waals surface area (Å²) in [4.78, 5) is 37.1. The highest BCUT2D eigenvalue weighted by Gasteiger charge is 2.31. The molecule has 10 nitrogen and oxygen atoms in total. The maximum Gasteiger partial charge on any atom is 0.274 e. The summed E-state index contributed by atoms with van der Waals surface area (Å²) in [5.74, 6) is -0.0357. The van der Waals surface area contributed by atoms with Crippen LogP contribution in [0.3, 0.4) is 0 Å². The lowest BCUT2D eigenvalue weighted by Gasteiger charge is -2.33. The molecule has 1 fully saturated rings. The van der Waals surface area contributed by atoms with Crippen LogP contribution in [0, 0.1) is 12.8 Å². The van der Waals surface area contributed by atoms with Gasteiger partial charge in [-0.2, -0.15) is 0 Å². The first-order chi connectivity index (χ1) is 16.2. The van der Waals surface area contributed by atoms with E-state index in [1.807, 2.05) is 0 Å². The van der Waals surface area contributed by atoms with Crippen LogP contribution >= 0.6 is 0 Å². The first-order valence-corrected chi connectivity index (χ1v) is 12.1. The second-order valence-electron chi connectivity index (χ2n) is 9.23. The highest BCUT2D eigenvalue weighted by Crippen LogP contribution is 2.13. The molecule has 1 aliphatic rings. The summed E-state index contributed by atoms with van der Waals surface area (Å²) in [7, 11) is 0. The number of aliphatic hydroxyl groups excluding tert-OH is 2. The van der Waals surface area contributed by atoms with E-state index in [0.717, 1.165) is 12.1 Å². The van der Waals surface area contributed by atoms with Crippen LogP contribution in [-0.2, 0) is 14.3 Å². The van der Waals surface area contributed by atoms with Gasteiger partial charge in [-0.25, -0.2) is 4.98 Å². The molecule has 34 heavy (non-hydrogen) atoms. The SMILES string of the molecule is CC(=O)N1CCN(C(=O)c2cnc(C)cn2)CCCCOC[C@@H](O)[C@@H](O)[C@H](OCCC(C)C)C1. The monoisotopic (exact) mass is 480 g/mol. The molecule has 2 rings (SSSR count). The zero-order valence-corrected chi connectivity index (χ0v) is 20.9. The molecule has 0 bridgehead atoms. The number of nitrogens with zero attached hydrogens (tertiary/aromatic N) is 4. The maximum atomic E-state index is 13.1. The van der Waals surface area contributed by atoms with Gasteiger partial charge in [0.2, 0.25) is 5.91 Å². The Hall–Kier alpha value is -2.14. The van der Waals surface area contributed by atoms with E-state index in [4.69, 9.17) is 9.47 Å². The Morgan fingerprint density at radius 1 is 1.15 bits per heavy atom. The largest absolute Gasteiger partial charge is 0.388 e. The third-order valence-corrected chi connectivity index (χ3v) is 5.83. The smallest absolute Gasteiger partial charge is 0.274 e. The van der Waals surface area contributed by atoms with E-state index in [-0.39, 0.29) is 37.2 Å². The average Bonchev–Trinajstić information content (AvgIpc) is 2.79. The standard InChI is InChI=1S/C24H40N4O6/c1-17(2)7-12-34-22-15-28(19(4)29)10-9-27(24(32)20-14-25-18(3)13-26-20)8-5-6-11-33-16-21(30)23(22)31/h13-14,17,21-23,30-31H,5-12,15-16H2,1-4H3/t21-,22-,23-/m1/s1. The number of rotatable bonds is 5. The molecule has 192 valence electrons. The number of carbonyl (C=O) groups excluding carboxylic acids is 2. The van der Waals surface area contributed by atoms with E-state index < -0.39 is 18.3 Å². The van der Waals surface area contributed by atoms with E-state index in [2.05, 4.69) is 23.8 Å². The summed E-state index contributed by atoms with van der Waals surface area (Å²) in [6, 6.07) is 0. The predicted molar refractivity (Wildman–Crippen MR) is 126 cm³/mol. The van der Waals surface area contributed by atoms with Gasteiger partial charge in [-0.15, -0.1) is 0 Å². The lowest BCUT2D eigenvalue weighted by atomic mass is 10.1. The summed E-state index contributed by atoms with van der Waals surface area (Å²) in [5, 5.41) is 21.2. The van der Waals surface area contributed by atoms with Crippen molar-refractivity contribution < 1.29 is 29.3 Å². The molecule has 1 aromatic rings. The number of hydrogen-bond acceptors (Lipinski definition) is 8. The molecule has 10 heteroatoms. The number of aliphatic hydroxyl groups is 2. The molecule has 0 saturated carbocycles. The summed E-state index contributed by atoms with van der Waals surface area (Å²) < 4.78 is 11.5. The lowest BCUT2D eigenvalue weighted by Crippen LogP contribution is -2.50. The first-order valence-electron chi connectivity index (χ1n) is 12.1. The van der Waals surface area contributed by atoms with E-state index in [1.54, 1.807) is 22.9 Å². The molecule has 0 spiro atoms. The highest BCUT2D eigenvalue weighted by molar-refractivity contribution is 5.92. The van der Waals surface area contributed by atoms with E-state index in [1.165, 1.54) is 13.1 Å². The van der Waals surface area contributed by atoms with Gasteiger partial charge in [-0.1, -0.05) is 13.8 Å². The molecule has 1 aromatic heterocycles. The molecule has 0 aliphatic carbocycles. The normalized spacial score (nSPS) is 23.6. The predicted octanol–water partition coefficient (Wildman–Crippen LogP) is 1.04. The van der Waals surface area contributed by atoms with Crippen LogP contribution in [0.1, 0.15) is 56.2 Å². The number of aromatic nitrogens is 2. The van der Waals surface area contributed by atoms with Crippen molar-refractivity contribution in [2.24, 2.45) is 5.92 Å². The summed E-state index contributed by atoms with van der Waals surface area (Å²) in [5.41, 5.74) is 0.979. The van der Waals surface area contributed by atoms with Crippen molar-refractivity contribution in [1.82, 2.24) is 19.8 Å². The zero-order chi connectivity index (χ0) is 25.1. The molecule has 1 saturated heterocycles. The summed E-state index contributed by atoms with van der Waals surface area (Å²) in [6.07, 6.45) is 2.05. The minimum absolute atomic E-state index is 0.0348. The fraction of sp³-hybridized carbons (Fsp3) is 0.750. The fourth-order valence-corrected chi connectivity index (χ4v) is 3.59. The Bertz CT molecular complexity index is 760. The second kappa shape index (κ2) is 14.3. The molecule has 2 amide bonds. The number of aryl methyl sites for hydroxylation is 1. The van der Waals surface area contributed by atoms with Gasteiger partial charge in [0.05, 0.1) is 18.5 Å². The van der Waals surface area contributed by atoms with E-state index in [9.17, 15) is 19.8 Å². The van der Waals surface area contributed by atoms with Gasteiger partial charge in [0.25, 0.3) is 5.91 Å². The summed E-state index contributed by atoms with van der Waals surface area (Å²) >= 11 is 0. The molecule has 0 aromatic carbocycles. The van der Waals surface area contributed by atoms with Crippen LogP contribution in [0.25, 0.3) is 0 Å². The number of amides is 2. The number of hydrogen-bond donors (Lipinski definition) is 2. The van der Waals surface area contributed by atoms with Crippen molar-refractivity contribution in [1.29, 1.82) is 0 Å². The summed E-state index contributed by atoms with van der Waals surface area (Å²) in [6.45, 7) is 9.29. The Balaban J connectivity index is 2.18. The van der Waals surface area contributed by atoms with Gasteiger partial charge in [-0.05, 0) is 32.1 Å². The van der Waals surface area contributed by atoms with Crippen LogP contribution in [0.5, 0.6) is 0 Å². The minimum atomic E-state index is -1.21. The van der Waals surface area contributed by atoms with Crippen LogP contribution in [-0.4, -0.2) is 106 Å². The zero-order valence-electron chi connectivity index (χ0n) is 20.9. The molecule has 1 aliphatic heterocycles. The van der Waals surface area contributed by atoms with Gasteiger partial charge in [0.15, 0.2) is 0 Å². The van der Waals surface area contributed by atoms with Crippen molar-refractivity contribution >= 4 is 11.8 Å². The van der Waals surface area contributed by atoms with Crippen LogP contribution < -0.4 is 0 Å². The molecule has 3 atom stereocenters. The van der Waals surface area contributed by atoms with Gasteiger partial charge in [0, 0.05) is 52.5 Å². The third-order valence-electron chi connectivity index (χ3n) is 5.83. The fourth-order valence-electron chi connectivity index (χ4n) is 3.59. The Morgan fingerprint density at radius 3 is 2.53 bits per heavy atom. The molecule has 2 heterocycles. The maximum absolute atomic E-state index is 13.1. The number of ether oxygens (including phenoxy) is 2. The van der Waals surface area contributed by atoms with Crippen molar-refractivity contribution in [2.45, 2.75) is 65.3 Å². The van der Waals surface area contributed by atoms with Crippen molar-refractivity contribution in [3.8, 4) is 0 Å². The Morgan fingerprint density at radius 2 is 1.88 bits per heavy atom. The molecular formula is C24H40N4O6. The van der Waals surface area contributed by atoms with Crippen LogP contribution in [0.15, 0.2) is 12.4 Å². The third kappa shape index (κ3) is 9.25. The van der Waals surface area contributed by atoms with Crippen LogP contribution in [0.2, 0.25) is 0 Å². The minimum Gasteiger partial charge on any atom is -0.388 e. The Kier molecular flexibility index (Phi) is 11.8. The van der Waals surface area contributed by atoms with Crippen molar-refractivity contribution in [3.63, 3.8) is 0 Å². The molecule has 0 unspecified atom stereocenters. The van der Waals surface area contributed by atoms with Gasteiger partial charge < -0.3 is 29.5 Å². The van der Waals surface area contributed by atoms with Crippen molar-refractivity contribution in [2.75, 3.05) is 46.0 Å². The van der Waals surface area contributed by atoms with E-state index >= 15 is 0 Å². The topological polar surface area (TPSA) is 125 Å². The Labute approximate surface area is 202 Å². The molecule has 2 N–H and O–H groups in total. The number of carbonyl (C=O) groups is 2. The second-order valence-corrected chi connectivity index (χ2v) is 9.23. The van der Waals surface area contributed by atoms with E-state index in [0.29, 0.717) is 45.1 Å². The van der Waals surface area contributed by atoms with Gasteiger partial charge in [0.1, 0.15) is 24.0 Å². The van der Waals surface area contributed by atoms with Crippen LogP contribution in [0.4, 0.5) is 0 Å².